The highest BCUT2D eigenvalue weighted by molar-refractivity contribution is 7.80. The van der Waals surface area contributed by atoms with E-state index in [0.717, 1.165) is 0 Å². The molecule has 20 heavy (non-hydrogen) atoms. The van der Waals surface area contributed by atoms with Crippen molar-refractivity contribution in [2.75, 3.05) is 31.6 Å². The number of carbonyl (C=O) groups excluding carboxylic acids is 1. The fourth-order valence-corrected chi connectivity index (χ4v) is 2.17. The molecule has 0 saturated heterocycles. The Kier molecular flexibility index (Phi) is 5.88. The molecule has 0 aromatic heterocycles. The summed E-state index contributed by atoms with van der Waals surface area (Å²) in [5, 5.41) is 0. The molecule has 0 spiro atoms. The minimum Gasteiger partial charge on any atom is -0.389 e. The van der Waals surface area contributed by atoms with E-state index in [9.17, 15) is 9.18 Å². The molecule has 1 aromatic carbocycles. The van der Waals surface area contributed by atoms with E-state index < -0.39 is 5.82 Å². The first-order chi connectivity index (χ1) is 9.40. The monoisotopic (exact) mass is 297 g/mol. The number of benzene rings is 1. The number of carbonyl (C=O) groups is 1. The summed E-state index contributed by atoms with van der Waals surface area (Å²) in [6.07, 6.45) is 0. The second-order valence-electron chi connectivity index (χ2n) is 4.45. The van der Waals surface area contributed by atoms with Crippen molar-refractivity contribution < 1.29 is 9.18 Å². The lowest BCUT2D eigenvalue weighted by atomic mass is 10.1. The van der Waals surface area contributed by atoms with Gasteiger partial charge in [0.15, 0.2) is 0 Å². The summed E-state index contributed by atoms with van der Waals surface area (Å²) < 4.78 is 13.3. The molecule has 0 radical (unpaired) electrons. The summed E-state index contributed by atoms with van der Waals surface area (Å²) in [6, 6.07) is 4.20. The third kappa shape index (κ3) is 3.90. The van der Waals surface area contributed by atoms with Crippen LogP contribution in [-0.4, -0.2) is 42.5 Å². The number of rotatable bonds is 6. The SMILES string of the molecule is CCN(CC)C(=O)CN(C)c1ccc(F)cc1C(N)=S. The van der Waals surface area contributed by atoms with Crippen LogP contribution in [0.4, 0.5) is 10.1 Å². The van der Waals surface area contributed by atoms with Gasteiger partial charge >= 0.3 is 0 Å². The van der Waals surface area contributed by atoms with Gasteiger partial charge in [-0.3, -0.25) is 4.79 Å². The normalized spacial score (nSPS) is 10.2. The molecule has 4 nitrogen and oxygen atoms in total. The molecule has 1 aromatic rings. The first kappa shape index (κ1) is 16.4. The molecule has 0 fully saturated rings. The number of amides is 1. The molecule has 0 bridgehead atoms. The standard InChI is InChI=1S/C14H20FN3OS/c1-4-18(5-2)13(19)9-17(3)12-7-6-10(15)8-11(12)14(16)20/h6-8H,4-5,9H2,1-3H3,(H2,16,20). The molecule has 0 heterocycles. The molecule has 0 saturated carbocycles. The van der Waals surface area contributed by atoms with Crippen LogP contribution < -0.4 is 10.6 Å². The van der Waals surface area contributed by atoms with Gasteiger partial charge in [-0.15, -0.1) is 0 Å². The summed E-state index contributed by atoms with van der Waals surface area (Å²) >= 11 is 4.93. The minimum absolute atomic E-state index is 0.00992. The number of thiocarbonyl (C=S) groups is 1. The van der Waals surface area contributed by atoms with Gasteiger partial charge in [0, 0.05) is 31.4 Å². The zero-order chi connectivity index (χ0) is 15.3. The summed E-state index contributed by atoms with van der Waals surface area (Å²) in [5.41, 5.74) is 6.70. The molecule has 6 heteroatoms. The predicted molar refractivity (Wildman–Crippen MR) is 83.5 cm³/mol. The van der Waals surface area contributed by atoms with Gasteiger partial charge in [-0.25, -0.2) is 4.39 Å². The van der Waals surface area contributed by atoms with Crippen LogP contribution in [0.2, 0.25) is 0 Å². The van der Waals surface area contributed by atoms with Crippen LogP contribution in [0.25, 0.3) is 0 Å². The molecule has 2 N–H and O–H groups in total. The van der Waals surface area contributed by atoms with E-state index in [2.05, 4.69) is 0 Å². The lowest BCUT2D eigenvalue weighted by Crippen LogP contribution is -2.39. The van der Waals surface area contributed by atoms with Crippen LogP contribution in [0, 0.1) is 5.82 Å². The predicted octanol–water partition coefficient (Wildman–Crippen LogP) is 1.76. The van der Waals surface area contributed by atoms with Crippen molar-refractivity contribution in [3.63, 3.8) is 0 Å². The Hall–Kier alpha value is -1.69. The third-order valence-corrected chi connectivity index (χ3v) is 3.34. The highest BCUT2D eigenvalue weighted by atomic mass is 32.1. The van der Waals surface area contributed by atoms with Gasteiger partial charge in [0.05, 0.1) is 6.54 Å². The Morgan fingerprint density at radius 1 is 1.35 bits per heavy atom. The summed E-state index contributed by atoms with van der Waals surface area (Å²) in [6.45, 7) is 5.38. The van der Waals surface area contributed by atoms with Crippen molar-refractivity contribution >= 4 is 28.8 Å². The Labute approximate surface area is 124 Å². The average Bonchev–Trinajstić information content (AvgIpc) is 2.39. The van der Waals surface area contributed by atoms with Crippen LogP contribution in [-0.2, 0) is 4.79 Å². The van der Waals surface area contributed by atoms with Crippen molar-refractivity contribution in [1.29, 1.82) is 0 Å². The maximum absolute atomic E-state index is 13.3. The van der Waals surface area contributed by atoms with Gasteiger partial charge in [0.25, 0.3) is 0 Å². The van der Waals surface area contributed by atoms with Gasteiger partial charge in [-0.1, -0.05) is 12.2 Å². The fraction of sp³-hybridized carbons (Fsp3) is 0.429. The van der Waals surface area contributed by atoms with E-state index in [1.807, 2.05) is 13.8 Å². The Balaban J connectivity index is 2.95. The van der Waals surface area contributed by atoms with Gasteiger partial charge in [0.2, 0.25) is 5.91 Å². The first-order valence-electron chi connectivity index (χ1n) is 6.48. The Bertz CT molecular complexity index is 503. The molecule has 1 rings (SSSR count). The van der Waals surface area contributed by atoms with Crippen molar-refractivity contribution in [3.05, 3.63) is 29.6 Å². The number of likely N-dealkylation sites (N-methyl/N-ethyl adjacent to an activating group) is 2. The topological polar surface area (TPSA) is 49.6 Å². The molecular weight excluding hydrogens is 277 g/mol. The lowest BCUT2D eigenvalue weighted by molar-refractivity contribution is -0.129. The second-order valence-corrected chi connectivity index (χ2v) is 4.89. The fourth-order valence-electron chi connectivity index (χ4n) is 2.00. The highest BCUT2D eigenvalue weighted by Crippen LogP contribution is 2.20. The van der Waals surface area contributed by atoms with E-state index in [0.29, 0.717) is 24.3 Å². The summed E-state index contributed by atoms with van der Waals surface area (Å²) in [7, 11) is 1.76. The third-order valence-electron chi connectivity index (χ3n) is 3.12. The van der Waals surface area contributed by atoms with Crippen LogP contribution >= 0.6 is 12.2 Å². The largest absolute Gasteiger partial charge is 0.389 e. The maximum atomic E-state index is 13.3. The van der Waals surface area contributed by atoms with E-state index in [-0.39, 0.29) is 17.4 Å². The average molecular weight is 297 g/mol. The minimum atomic E-state index is -0.403. The van der Waals surface area contributed by atoms with E-state index in [1.165, 1.54) is 12.1 Å². The van der Waals surface area contributed by atoms with Crippen molar-refractivity contribution in [1.82, 2.24) is 4.90 Å². The smallest absolute Gasteiger partial charge is 0.242 e. The van der Waals surface area contributed by atoms with Gasteiger partial charge in [-0.2, -0.15) is 0 Å². The van der Waals surface area contributed by atoms with Crippen molar-refractivity contribution in [2.45, 2.75) is 13.8 Å². The number of hydrogen-bond donors (Lipinski definition) is 1. The quantitative estimate of drug-likeness (QED) is 0.813. The van der Waals surface area contributed by atoms with Crippen molar-refractivity contribution in [3.8, 4) is 0 Å². The molecule has 110 valence electrons. The van der Waals surface area contributed by atoms with E-state index in [4.69, 9.17) is 18.0 Å². The Morgan fingerprint density at radius 2 is 1.95 bits per heavy atom. The van der Waals surface area contributed by atoms with Gasteiger partial charge in [-0.05, 0) is 32.0 Å². The zero-order valence-electron chi connectivity index (χ0n) is 12.0. The number of hydrogen-bond acceptors (Lipinski definition) is 3. The van der Waals surface area contributed by atoms with Crippen LogP contribution in [0.15, 0.2) is 18.2 Å². The number of halogens is 1. The molecule has 0 aliphatic heterocycles. The van der Waals surface area contributed by atoms with Crippen LogP contribution in [0.5, 0.6) is 0 Å². The van der Waals surface area contributed by atoms with Crippen molar-refractivity contribution in [2.24, 2.45) is 5.73 Å². The van der Waals surface area contributed by atoms with E-state index >= 15 is 0 Å². The van der Waals surface area contributed by atoms with Crippen LogP contribution in [0.3, 0.4) is 0 Å². The number of anilines is 1. The molecular formula is C14H20FN3OS. The number of nitrogens with two attached hydrogens (primary N) is 1. The summed E-state index contributed by atoms with van der Waals surface area (Å²) in [4.78, 5) is 15.7. The molecule has 1 amide bonds. The van der Waals surface area contributed by atoms with Gasteiger partial charge in [0.1, 0.15) is 10.8 Å². The zero-order valence-corrected chi connectivity index (χ0v) is 12.8. The Morgan fingerprint density at radius 3 is 2.45 bits per heavy atom. The number of nitrogens with zero attached hydrogens (tertiary/aromatic N) is 2. The highest BCUT2D eigenvalue weighted by Gasteiger charge is 2.16. The van der Waals surface area contributed by atoms with Crippen LogP contribution in [0.1, 0.15) is 19.4 Å². The van der Waals surface area contributed by atoms with E-state index in [1.54, 1.807) is 22.9 Å². The molecule has 0 unspecified atom stereocenters. The summed E-state index contributed by atoms with van der Waals surface area (Å²) in [5.74, 6) is -0.393. The first-order valence-corrected chi connectivity index (χ1v) is 6.89. The van der Waals surface area contributed by atoms with Gasteiger partial charge < -0.3 is 15.5 Å². The molecule has 0 aliphatic rings. The lowest BCUT2D eigenvalue weighted by Gasteiger charge is -2.25. The maximum Gasteiger partial charge on any atom is 0.242 e. The molecule has 0 atom stereocenters. The second kappa shape index (κ2) is 7.19. The molecule has 0 aliphatic carbocycles.